The number of rotatable bonds is 8. The Morgan fingerprint density at radius 3 is 2.72 bits per heavy atom. The SMILES string of the molecule is Cc1cnc(NOC(C)C)nc1-c1c[nH]c(C(=O)N[C@H](CO)c2ccccc2)c1. The average molecular weight is 395 g/mol. The van der Waals surface area contributed by atoms with Gasteiger partial charge in [0.1, 0.15) is 5.69 Å². The molecule has 152 valence electrons. The number of nitrogens with zero attached hydrogens (tertiary/aromatic N) is 2. The van der Waals surface area contributed by atoms with Gasteiger partial charge in [-0.05, 0) is 38.0 Å². The lowest BCUT2D eigenvalue weighted by molar-refractivity contribution is 0.0911. The van der Waals surface area contributed by atoms with Gasteiger partial charge in [0.15, 0.2) is 0 Å². The minimum absolute atomic E-state index is 0.0185. The summed E-state index contributed by atoms with van der Waals surface area (Å²) in [5, 5.41) is 12.5. The van der Waals surface area contributed by atoms with Gasteiger partial charge in [0.25, 0.3) is 5.91 Å². The van der Waals surface area contributed by atoms with Crippen molar-refractivity contribution in [2.24, 2.45) is 0 Å². The molecule has 0 spiro atoms. The molecule has 29 heavy (non-hydrogen) atoms. The van der Waals surface area contributed by atoms with Gasteiger partial charge in [-0.3, -0.25) is 9.63 Å². The van der Waals surface area contributed by atoms with Crippen molar-refractivity contribution >= 4 is 11.9 Å². The van der Waals surface area contributed by atoms with E-state index in [-0.39, 0.29) is 18.6 Å². The van der Waals surface area contributed by atoms with Crippen LogP contribution in [0.1, 0.15) is 41.5 Å². The number of hydrogen-bond acceptors (Lipinski definition) is 6. The Hall–Kier alpha value is -3.23. The van der Waals surface area contributed by atoms with E-state index < -0.39 is 6.04 Å². The van der Waals surface area contributed by atoms with Gasteiger partial charge < -0.3 is 15.4 Å². The monoisotopic (exact) mass is 395 g/mol. The highest BCUT2D eigenvalue weighted by atomic mass is 16.7. The number of aromatic nitrogens is 3. The highest BCUT2D eigenvalue weighted by Gasteiger charge is 2.17. The van der Waals surface area contributed by atoms with Gasteiger partial charge in [-0.25, -0.2) is 15.4 Å². The summed E-state index contributed by atoms with van der Waals surface area (Å²) < 4.78 is 0. The van der Waals surface area contributed by atoms with Crippen molar-refractivity contribution in [3.05, 3.63) is 65.6 Å². The summed E-state index contributed by atoms with van der Waals surface area (Å²) in [7, 11) is 0. The van der Waals surface area contributed by atoms with Gasteiger partial charge in [0, 0.05) is 18.0 Å². The molecule has 8 heteroatoms. The first-order chi connectivity index (χ1) is 14.0. The van der Waals surface area contributed by atoms with Crippen LogP contribution < -0.4 is 10.8 Å². The molecule has 0 bridgehead atoms. The number of aliphatic hydroxyl groups is 1. The minimum atomic E-state index is -0.486. The van der Waals surface area contributed by atoms with Crippen LogP contribution in [0.15, 0.2) is 48.8 Å². The van der Waals surface area contributed by atoms with Gasteiger partial charge in [-0.2, -0.15) is 0 Å². The Balaban J connectivity index is 1.76. The molecule has 3 rings (SSSR count). The second-order valence-corrected chi connectivity index (χ2v) is 6.92. The molecule has 3 aromatic rings. The molecule has 1 amide bonds. The van der Waals surface area contributed by atoms with Crippen molar-refractivity contribution < 1.29 is 14.7 Å². The van der Waals surface area contributed by atoms with Crippen LogP contribution in [-0.2, 0) is 4.84 Å². The third-order valence-corrected chi connectivity index (χ3v) is 4.25. The third-order valence-electron chi connectivity index (χ3n) is 4.25. The number of hydrogen-bond donors (Lipinski definition) is 4. The Labute approximate surface area is 169 Å². The highest BCUT2D eigenvalue weighted by molar-refractivity contribution is 5.94. The van der Waals surface area contributed by atoms with Crippen LogP contribution in [-0.4, -0.2) is 38.7 Å². The highest BCUT2D eigenvalue weighted by Crippen LogP contribution is 2.23. The minimum Gasteiger partial charge on any atom is -0.394 e. The molecule has 0 unspecified atom stereocenters. The summed E-state index contributed by atoms with van der Waals surface area (Å²) in [6.45, 7) is 5.49. The lowest BCUT2D eigenvalue weighted by Crippen LogP contribution is -2.30. The van der Waals surface area contributed by atoms with E-state index in [0.29, 0.717) is 17.3 Å². The van der Waals surface area contributed by atoms with Gasteiger partial charge in [0.05, 0.1) is 24.4 Å². The number of amides is 1. The second kappa shape index (κ2) is 9.31. The fourth-order valence-corrected chi connectivity index (χ4v) is 2.77. The molecule has 0 saturated heterocycles. The number of H-pyrrole nitrogens is 1. The van der Waals surface area contributed by atoms with Crippen molar-refractivity contribution in [2.75, 3.05) is 12.1 Å². The van der Waals surface area contributed by atoms with Gasteiger partial charge in [0.2, 0.25) is 5.95 Å². The largest absolute Gasteiger partial charge is 0.394 e. The van der Waals surface area contributed by atoms with Crippen LogP contribution in [0, 0.1) is 6.92 Å². The van der Waals surface area contributed by atoms with Crippen LogP contribution in [0.5, 0.6) is 0 Å². The zero-order valence-corrected chi connectivity index (χ0v) is 16.6. The summed E-state index contributed by atoms with van der Waals surface area (Å²) in [5.74, 6) is 0.0308. The number of nitrogens with one attached hydrogen (secondary N) is 3. The van der Waals surface area contributed by atoms with Gasteiger partial charge in [-0.1, -0.05) is 30.3 Å². The van der Waals surface area contributed by atoms with Gasteiger partial charge >= 0.3 is 0 Å². The number of anilines is 1. The zero-order chi connectivity index (χ0) is 20.8. The molecule has 8 nitrogen and oxygen atoms in total. The fourth-order valence-electron chi connectivity index (χ4n) is 2.77. The molecular weight excluding hydrogens is 370 g/mol. The Morgan fingerprint density at radius 1 is 1.28 bits per heavy atom. The molecular formula is C21H25N5O3. The molecule has 0 aliphatic carbocycles. The van der Waals surface area contributed by atoms with E-state index in [0.717, 1.165) is 16.7 Å². The predicted molar refractivity (Wildman–Crippen MR) is 110 cm³/mol. The first-order valence-electron chi connectivity index (χ1n) is 9.38. The maximum atomic E-state index is 12.6. The summed E-state index contributed by atoms with van der Waals surface area (Å²) >= 11 is 0. The molecule has 1 aromatic carbocycles. The van der Waals surface area contributed by atoms with Crippen LogP contribution in [0.3, 0.4) is 0 Å². The predicted octanol–water partition coefficient (Wildman–Crippen LogP) is 3.00. The molecule has 2 aromatic heterocycles. The lowest BCUT2D eigenvalue weighted by atomic mass is 10.1. The van der Waals surface area contributed by atoms with Crippen molar-refractivity contribution in [2.45, 2.75) is 32.9 Å². The van der Waals surface area contributed by atoms with E-state index in [2.05, 4.69) is 25.7 Å². The Kier molecular flexibility index (Phi) is 6.58. The number of carbonyl (C=O) groups excluding carboxylic acids is 1. The molecule has 0 saturated carbocycles. The first-order valence-corrected chi connectivity index (χ1v) is 9.38. The maximum Gasteiger partial charge on any atom is 0.268 e. The number of benzene rings is 1. The quantitative estimate of drug-likeness (QED) is 0.436. The van der Waals surface area contributed by atoms with Crippen LogP contribution in [0.2, 0.25) is 0 Å². The summed E-state index contributed by atoms with van der Waals surface area (Å²) in [6.07, 6.45) is 3.39. The lowest BCUT2D eigenvalue weighted by Gasteiger charge is -2.16. The maximum absolute atomic E-state index is 12.6. The van der Waals surface area contributed by atoms with Crippen molar-refractivity contribution in [1.29, 1.82) is 0 Å². The van der Waals surface area contributed by atoms with Gasteiger partial charge in [-0.15, -0.1) is 0 Å². The molecule has 0 fully saturated rings. The fraction of sp³-hybridized carbons (Fsp3) is 0.286. The van der Waals surface area contributed by atoms with E-state index in [9.17, 15) is 9.90 Å². The van der Waals surface area contributed by atoms with E-state index in [4.69, 9.17) is 4.84 Å². The number of carbonyl (C=O) groups is 1. The van der Waals surface area contributed by atoms with E-state index in [1.165, 1.54) is 0 Å². The van der Waals surface area contributed by atoms with Crippen molar-refractivity contribution in [3.63, 3.8) is 0 Å². The number of aliphatic hydroxyl groups excluding tert-OH is 1. The zero-order valence-electron chi connectivity index (χ0n) is 16.6. The first kappa shape index (κ1) is 20.5. The standard InChI is InChI=1S/C21H25N5O3/c1-13(2)29-26-21-23-10-14(3)19(25-21)16-9-17(22-11-16)20(28)24-18(12-27)15-7-5-4-6-8-15/h4-11,13,18,22,27H,12H2,1-3H3,(H,24,28)(H,23,25,26)/t18-/m1/s1. The molecule has 1 atom stereocenters. The smallest absolute Gasteiger partial charge is 0.268 e. The summed E-state index contributed by atoms with van der Waals surface area (Å²) in [5.41, 5.74) is 6.24. The van der Waals surface area contributed by atoms with E-state index >= 15 is 0 Å². The Morgan fingerprint density at radius 2 is 2.03 bits per heavy atom. The van der Waals surface area contributed by atoms with Crippen molar-refractivity contribution in [3.8, 4) is 11.3 Å². The summed E-state index contributed by atoms with van der Waals surface area (Å²) in [4.78, 5) is 29.6. The van der Waals surface area contributed by atoms with E-state index in [1.807, 2.05) is 51.1 Å². The normalized spacial score (nSPS) is 12.0. The van der Waals surface area contributed by atoms with Crippen LogP contribution in [0.25, 0.3) is 11.3 Å². The van der Waals surface area contributed by atoms with Crippen LogP contribution in [0.4, 0.5) is 5.95 Å². The molecule has 4 N–H and O–H groups in total. The molecule has 2 heterocycles. The molecule has 0 radical (unpaired) electrons. The average Bonchev–Trinajstić information content (AvgIpc) is 3.22. The van der Waals surface area contributed by atoms with E-state index in [1.54, 1.807) is 18.5 Å². The topological polar surface area (TPSA) is 112 Å². The molecule has 0 aliphatic heterocycles. The Bertz CT molecular complexity index is 956. The number of aryl methyl sites for hydroxylation is 1. The number of aromatic amines is 1. The van der Waals surface area contributed by atoms with Crippen molar-refractivity contribution in [1.82, 2.24) is 20.3 Å². The second-order valence-electron chi connectivity index (χ2n) is 6.92. The third kappa shape index (κ3) is 5.18. The molecule has 0 aliphatic rings. The summed E-state index contributed by atoms with van der Waals surface area (Å²) in [6, 6.07) is 10.6. The van der Waals surface area contributed by atoms with Crippen LogP contribution >= 0.6 is 0 Å².